The van der Waals surface area contributed by atoms with Gasteiger partial charge in [-0.05, 0) is 30.9 Å². The van der Waals surface area contributed by atoms with E-state index in [1.54, 1.807) is 18.2 Å². The minimum Gasteiger partial charge on any atom is -0.509 e. The largest absolute Gasteiger partial charge is 0.707 e. The average Bonchev–Trinajstić information content (AvgIpc) is 2.99. The molecule has 2 rings (SSSR count). The van der Waals surface area contributed by atoms with E-state index in [1.807, 2.05) is 6.07 Å². The van der Waals surface area contributed by atoms with Crippen molar-refractivity contribution in [1.29, 1.82) is 0 Å². The lowest BCUT2D eigenvalue weighted by Crippen LogP contribution is -2.21. The van der Waals surface area contributed by atoms with E-state index in [0.29, 0.717) is 24.0 Å². The lowest BCUT2D eigenvalue weighted by Gasteiger charge is -2.11. The number of benzene rings is 1. The standard InChI is InChI=1S/C10H13BO4/c12-11(13)15-10-4-2-1-3-9(10)14-7-8-5-6-8/h1-4,8,12-13H,5-7H2. The smallest absolute Gasteiger partial charge is 0.509 e. The molecule has 0 atom stereocenters. The molecule has 0 amide bonds. The van der Waals surface area contributed by atoms with Crippen LogP contribution in [0.15, 0.2) is 24.3 Å². The zero-order chi connectivity index (χ0) is 10.7. The summed E-state index contributed by atoms with van der Waals surface area (Å²) < 4.78 is 10.3. The maximum atomic E-state index is 8.70. The predicted molar refractivity (Wildman–Crippen MR) is 55.5 cm³/mol. The summed E-state index contributed by atoms with van der Waals surface area (Å²) in [6.07, 6.45) is 2.43. The summed E-state index contributed by atoms with van der Waals surface area (Å²) in [5.74, 6) is 1.56. The molecule has 1 fully saturated rings. The van der Waals surface area contributed by atoms with Crippen LogP contribution in [0.5, 0.6) is 11.5 Å². The summed E-state index contributed by atoms with van der Waals surface area (Å²) in [7, 11) is -1.81. The summed E-state index contributed by atoms with van der Waals surface area (Å²) in [6.45, 7) is 0.669. The monoisotopic (exact) mass is 208 g/mol. The first-order valence-electron chi connectivity index (χ1n) is 5.00. The molecule has 0 aromatic heterocycles. The molecule has 1 aliphatic rings. The van der Waals surface area contributed by atoms with Gasteiger partial charge in [0, 0.05) is 0 Å². The number of rotatable bonds is 5. The molecule has 1 aliphatic carbocycles. The van der Waals surface area contributed by atoms with Gasteiger partial charge >= 0.3 is 7.32 Å². The third-order valence-corrected chi connectivity index (χ3v) is 2.25. The van der Waals surface area contributed by atoms with Crippen molar-refractivity contribution in [3.63, 3.8) is 0 Å². The van der Waals surface area contributed by atoms with Gasteiger partial charge in [-0.1, -0.05) is 12.1 Å². The number of para-hydroxylation sites is 2. The molecule has 0 heterocycles. The molecule has 80 valence electrons. The Bertz CT molecular complexity index is 325. The first-order chi connectivity index (χ1) is 7.25. The highest BCUT2D eigenvalue weighted by molar-refractivity contribution is 6.33. The van der Waals surface area contributed by atoms with Crippen LogP contribution in [0.4, 0.5) is 0 Å². The lowest BCUT2D eigenvalue weighted by molar-refractivity contribution is 0.261. The fourth-order valence-electron chi connectivity index (χ4n) is 1.27. The summed E-state index contributed by atoms with van der Waals surface area (Å²) in [5, 5.41) is 17.4. The minimum absolute atomic E-state index is 0.355. The number of hydrogen-bond acceptors (Lipinski definition) is 4. The van der Waals surface area contributed by atoms with Gasteiger partial charge in [0.05, 0.1) is 6.61 Å². The molecular formula is C10H13BO4. The quantitative estimate of drug-likeness (QED) is 0.703. The summed E-state index contributed by atoms with van der Waals surface area (Å²) in [6, 6.07) is 6.96. The van der Waals surface area contributed by atoms with Crippen LogP contribution in [0.2, 0.25) is 0 Å². The van der Waals surface area contributed by atoms with Crippen LogP contribution in [-0.2, 0) is 0 Å². The second-order valence-electron chi connectivity index (χ2n) is 3.65. The lowest BCUT2D eigenvalue weighted by atomic mass is 10.2. The van der Waals surface area contributed by atoms with Gasteiger partial charge in [-0.3, -0.25) is 0 Å². The van der Waals surface area contributed by atoms with Gasteiger partial charge < -0.3 is 19.4 Å². The van der Waals surface area contributed by atoms with Crippen LogP contribution < -0.4 is 9.39 Å². The molecule has 15 heavy (non-hydrogen) atoms. The second kappa shape index (κ2) is 4.55. The maximum Gasteiger partial charge on any atom is 0.707 e. The number of hydrogen-bond donors (Lipinski definition) is 2. The van der Waals surface area contributed by atoms with E-state index in [0.717, 1.165) is 0 Å². The Kier molecular flexibility index (Phi) is 3.13. The molecule has 0 aliphatic heterocycles. The molecule has 5 heteroatoms. The minimum atomic E-state index is -1.81. The molecule has 1 aromatic rings. The van der Waals surface area contributed by atoms with Crippen molar-refractivity contribution in [3.8, 4) is 11.5 Å². The van der Waals surface area contributed by atoms with E-state index < -0.39 is 7.32 Å². The molecule has 1 aromatic carbocycles. The van der Waals surface area contributed by atoms with Crippen molar-refractivity contribution >= 4 is 7.32 Å². The van der Waals surface area contributed by atoms with Gasteiger partial charge in [0.25, 0.3) is 0 Å². The molecule has 0 spiro atoms. The van der Waals surface area contributed by atoms with Crippen LogP contribution in [0.3, 0.4) is 0 Å². The van der Waals surface area contributed by atoms with Gasteiger partial charge in [-0.2, -0.15) is 0 Å². The third kappa shape index (κ3) is 3.14. The van der Waals surface area contributed by atoms with Crippen molar-refractivity contribution in [2.24, 2.45) is 5.92 Å². The Morgan fingerprint density at radius 3 is 2.47 bits per heavy atom. The Hall–Kier alpha value is -1.20. The predicted octanol–water partition coefficient (Wildman–Crippen LogP) is 0.824. The molecular weight excluding hydrogens is 195 g/mol. The third-order valence-electron chi connectivity index (χ3n) is 2.25. The van der Waals surface area contributed by atoms with Crippen molar-refractivity contribution in [3.05, 3.63) is 24.3 Å². The SMILES string of the molecule is OB(O)Oc1ccccc1OCC1CC1. The van der Waals surface area contributed by atoms with Gasteiger partial charge in [-0.25, -0.2) is 0 Å². The zero-order valence-corrected chi connectivity index (χ0v) is 8.30. The molecule has 0 bridgehead atoms. The van der Waals surface area contributed by atoms with E-state index in [9.17, 15) is 0 Å². The molecule has 0 unspecified atom stereocenters. The van der Waals surface area contributed by atoms with Crippen molar-refractivity contribution in [2.75, 3.05) is 6.61 Å². The molecule has 0 saturated heterocycles. The molecule has 0 radical (unpaired) electrons. The van der Waals surface area contributed by atoms with Crippen LogP contribution >= 0.6 is 0 Å². The van der Waals surface area contributed by atoms with Gasteiger partial charge in [0.2, 0.25) is 0 Å². The van der Waals surface area contributed by atoms with Crippen LogP contribution in [0, 0.1) is 5.92 Å². The summed E-state index contributed by atoms with van der Waals surface area (Å²) in [5.41, 5.74) is 0. The number of ether oxygens (including phenoxy) is 1. The van der Waals surface area contributed by atoms with Crippen molar-refractivity contribution < 1.29 is 19.4 Å². The van der Waals surface area contributed by atoms with Gasteiger partial charge in [0.15, 0.2) is 5.75 Å². The Balaban J connectivity index is 1.99. The van der Waals surface area contributed by atoms with E-state index in [-0.39, 0.29) is 0 Å². The highest BCUT2D eigenvalue weighted by Crippen LogP contribution is 2.32. The van der Waals surface area contributed by atoms with E-state index in [1.165, 1.54) is 12.8 Å². The maximum absolute atomic E-state index is 8.70. The van der Waals surface area contributed by atoms with Crippen molar-refractivity contribution in [1.82, 2.24) is 0 Å². The van der Waals surface area contributed by atoms with E-state index in [4.69, 9.17) is 19.4 Å². The fourth-order valence-corrected chi connectivity index (χ4v) is 1.27. The Labute approximate surface area is 88.6 Å². The second-order valence-corrected chi connectivity index (χ2v) is 3.65. The summed E-state index contributed by atoms with van der Waals surface area (Å²) in [4.78, 5) is 0. The van der Waals surface area contributed by atoms with Gasteiger partial charge in [-0.15, -0.1) is 0 Å². The Morgan fingerprint density at radius 1 is 1.20 bits per heavy atom. The Morgan fingerprint density at radius 2 is 1.87 bits per heavy atom. The fraction of sp³-hybridized carbons (Fsp3) is 0.400. The van der Waals surface area contributed by atoms with E-state index in [2.05, 4.69) is 0 Å². The topological polar surface area (TPSA) is 58.9 Å². The highest BCUT2D eigenvalue weighted by atomic mass is 16.6. The average molecular weight is 208 g/mol. The van der Waals surface area contributed by atoms with Crippen LogP contribution in [0.25, 0.3) is 0 Å². The zero-order valence-electron chi connectivity index (χ0n) is 8.30. The molecule has 2 N–H and O–H groups in total. The summed E-state index contributed by atoms with van der Waals surface area (Å²) >= 11 is 0. The molecule has 1 saturated carbocycles. The van der Waals surface area contributed by atoms with Crippen LogP contribution in [0.1, 0.15) is 12.8 Å². The first-order valence-corrected chi connectivity index (χ1v) is 5.00. The normalized spacial score (nSPS) is 14.8. The van der Waals surface area contributed by atoms with E-state index >= 15 is 0 Å². The van der Waals surface area contributed by atoms with Crippen LogP contribution in [-0.4, -0.2) is 24.0 Å². The van der Waals surface area contributed by atoms with Crippen molar-refractivity contribution in [2.45, 2.75) is 12.8 Å². The first kappa shape index (κ1) is 10.3. The van der Waals surface area contributed by atoms with Gasteiger partial charge in [0.1, 0.15) is 5.75 Å². The molecule has 4 nitrogen and oxygen atoms in total. The highest BCUT2D eigenvalue weighted by Gasteiger charge is 2.23.